The minimum absolute atomic E-state index is 0.208. The number of halogens is 6. The number of nitro groups is 1. The number of pyridine rings is 1. The van der Waals surface area contributed by atoms with Gasteiger partial charge in [0.2, 0.25) is 0 Å². The lowest BCUT2D eigenvalue weighted by atomic mass is 10.1. The topological polar surface area (TPSA) is 86.7 Å². The Morgan fingerprint density at radius 2 is 1.80 bits per heavy atom. The molecule has 0 N–H and O–H groups in total. The summed E-state index contributed by atoms with van der Waals surface area (Å²) in [7, 11) is 0. The smallest absolute Gasteiger partial charge is 0.264 e. The van der Waals surface area contributed by atoms with Crippen LogP contribution < -0.4 is 0 Å². The molecule has 0 aliphatic carbocycles. The number of aromatic nitrogens is 4. The fourth-order valence-corrected chi connectivity index (χ4v) is 2.79. The molecule has 0 saturated heterocycles. The molecule has 0 bridgehead atoms. The highest BCUT2D eigenvalue weighted by molar-refractivity contribution is 5.60. The van der Waals surface area contributed by atoms with Crippen LogP contribution >= 0.6 is 0 Å². The van der Waals surface area contributed by atoms with Gasteiger partial charge in [-0.25, -0.2) is 9.67 Å². The van der Waals surface area contributed by atoms with Crippen molar-refractivity contribution in [3.63, 3.8) is 0 Å². The van der Waals surface area contributed by atoms with E-state index in [1.54, 1.807) is 0 Å². The number of rotatable bonds is 4. The second kappa shape index (κ2) is 7.39. The Morgan fingerprint density at radius 3 is 2.37 bits per heavy atom. The molecule has 7 nitrogen and oxygen atoms in total. The van der Waals surface area contributed by atoms with Gasteiger partial charge in [0.15, 0.2) is 5.82 Å². The highest BCUT2D eigenvalue weighted by atomic mass is 19.4. The molecule has 0 amide bonds. The van der Waals surface area contributed by atoms with E-state index < -0.39 is 46.6 Å². The van der Waals surface area contributed by atoms with Gasteiger partial charge in [-0.3, -0.25) is 15.1 Å². The maximum atomic E-state index is 13.3. The van der Waals surface area contributed by atoms with Gasteiger partial charge >= 0.3 is 12.4 Å². The van der Waals surface area contributed by atoms with Crippen molar-refractivity contribution in [1.29, 1.82) is 0 Å². The first-order valence-corrected chi connectivity index (χ1v) is 8.15. The predicted octanol–water partition coefficient (Wildman–Crippen LogP) is 4.64. The summed E-state index contributed by atoms with van der Waals surface area (Å²) in [6.45, 7) is 1.03. The normalized spacial score (nSPS) is 12.2. The molecule has 0 atom stereocenters. The second-order valence-electron chi connectivity index (χ2n) is 6.21. The van der Waals surface area contributed by atoms with Crippen molar-refractivity contribution in [2.45, 2.75) is 25.8 Å². The van der Waals surface area contributed by atoms with E-state index >= 15 is 0 Å². The molecule has 2 heterocycles. The molecule has 2 aromatic heterocycles. The van der Waals surface area contributed by atoms with Crippen molar-refractivity contribution in [2.24, 2.45) is 0 Å². The highest BCUT2D eigenvalue weighted by Gasteiger charge is 2.39. The lowest BCUT2D eigenvalue weighted by molar-refractivity contribution is -0.385. The SMILES string of the molecule is Cc1cc(Cn2nc(C(F)(F)F)nc2-c2cnccc2C(F)(F)F)ccc1[N+](=O)[O-]. The summed E-state index contributed by atoms with van der Waals surface area (Å²) >= 11 is 0. The van der Waals surface area contributed by atoms with E-state index in [1.165, 1.54) is 19.1 Å². The minimum atomic E-state index is -4.99. The van der Waals surface area contributed by atoms with E-state index in [2.05, 4.69) is 15.1 Å². The second-order valence-corrected chi connectivity index (χ2v) is 6.21. The summed E-state index contributed by atoms with van der Waals surface area (Å²) in [6.07, 6.45) is -8.24. The summed E-state index contributed by atoms with van der Waals surface area (Å²) < 4.78 is 80.0. The van der Waals surface area contributed by atoms with Crippen LogP contribution in [-0.2, 0) is 18.9 Å². The zero-order valence-corrected chi connectivity index (χ0v) is 15.0. The van der Waals surface area contributed by atoms with Gasteiger partial charge in [0.25, 0.3) is 11.5 Å². The van der Waals surface area contributed by atoms with E-state index in [0.29, 0.717) is 10.7 Å². The monoisotopic (exact) mass is 431 g/mol. The van der Waals surface area contributed by atoms with Gasteiger partial charge in [0.1, 0.15) is 0 Å². The van der Waals surface area contributed by atoms with Gasteiger partial charge in [-0.1, -0.05) is 6.07 Å². The molecular weight excluding hydrogens is 420 g/mol. The fourth-order valence-electron chi connectivity index (χ4n) is 2.79. The summed E-state index contributed by atoms with van der Waals surface area (Å²) in [5.74, 6) is -2.30. The van der Waals surface area contributed by atoms with E-state index in [1.807, 2.05) is 0 Å². The third-order valence-corrected chi connectivity index (χ3v) is 4.08. The largest absolute Gasteiger partial charge is 0.453 e. The molecule has 0 fully saturated rings. The summed E-state index contributed by atoms with van der Waals surface area (Å²) in [6, 6.07) is 4.39. The lowest BCUT2D eigenvalue weighted by Gasteiger charge is -2.12. The van der Waals surface area contributed by atoms with Crippen molar-refractivity contribution >= 4 is 5.69 Å². The molecular formula is C17H11F6N5O2. The molecule has 0 aliphatic rings. The number of nitrogens with zero attached hydrogens (tertiary/aromatic N) is 5. The zero-order valence-electron chi connectivity index (χ0n) is 15.0. The highest BCUT2D eigenvalue weighted by Crippen LogP contribution is 2.37. The fraction of sp³-hybridized carbons (Fsp3) is 0.235. The lowest BCUT2D eigenvalue weighted by Crippen LogP contribution is -2.11. The summed E-state index contributed by atoms with van der Waals surface area (Å²) in [5, 5.41) is 14.2. The van der Waals surface area contributed by atoms with Crippen LogP contribution in [0.5, 0.6) is 0 Å². The number of hydrogen-bond acceptors (Lipinski definition) is 5. The summed E-state index contributed by atoms with van der Waals surface area (Å²) in [4.78, 5) is 17.1. The Labute approximate surface area is 164 Å². The van der Waals surface area contributed by atoms with Gasteiger partial charge in [-0.2, -0.15) is 26.3 Å². The Bertz CT molecular complexity index is 1110. The van der Waals surface area contributed by atoms with Crippen LogP contribution in [0.25, 0.3) is 11.4 Å². The average molecular weight is 431 g/mol. The molecule has 1 aromatic carbocycles. The Balaban J connectivity index is 2.14. The number of nitro benzene ring substituents is 1. The molecule has 30 heavy (non-hydrogen) atoms. The molecule has 0 unspecified atom stereocenters. The third kappa shape index (κ3) is 4.23. The first-order valence-electron chi connectivity index (χ1n) is 8.15. The first-order chi connectivity index (χ1) is 13.9. The van der Waals surface area contributed by atoms with E-state index in [-0.39, 0.29) is 16.8 Å². The zero-order chi connectivity index (χ0) is 22.3. The molecule has 158 valence electrons. The van der Waals surface area contributed by atoms with E-state index in [4.69, 9.17) is 0 Å². The van der Waals surface area contributed by atoms with Crippen molar-refractivity contribution in [3.8, 4) is 11.4 Å². The third-order valence-electron chi connectivity index (χ3n) is 4.08. The average Bonchev–Trinajstić information content (AvgIpc) is 3.05. The van der Waals surface area contributed by atoms with Crippen molar-refractivity contribution in [3.05, 3.63) is 69.3 Å². The maximum Gasteiger partial charge on any atom is 0.453 e. The van der Waals surface area contributed by atoms with Crippen molar-refractivity contribution in [2.75, 3.05) is 0 Å². The van der Waals surface area contributed by atoms with Crippen LogP contribution in [0, 0.1) is 17.0 Å². The van der Waals surface area contributed by atoms with Crippen LogP contribution in [0.2, 0.25) is 0 Å². The molecule has 3 rings (SSSR count). The van der Waals surface area contributed by atoms with Crippen LogP contribution in [0.3, 0.4) is 0 Å². The quantitative estimate of drug-likeness (QED) is 0.341. The standard InChI is InChI=1S/C17H11F6N5O2/c1-9-6-10(2-3-13(9)28(29)30)8-27-14(25-15(26-27)17(21,22)23)11-7-24-5-4-12(11)16(18,19)20/h2-7H,8H2,1H3. The van der Waals surface area contributed by atoms with Crippen molar-refractivity contribution in [1.82, 2.24) is 19.7 Å². The van der Waals surface area contributed by atoms with E-state index in [0.717, 1.165) is 18.5 Å². The van der Waals surface area contributed by atoms with E-state index in [9.17, 15) is 36.5 Å². The predicted molar refractivity (Wildman–Crippen MR) is 90.2 cm³/mol. The van der Waals surface area contributed by atoms with Crippen LogP contribution in [0.15, 0.2) is 36.7 Å². The van der Waals surface area contributed by atoms with Gasteiger partial charge in [-0.15, -0.1) is 5.10 Å². The van der Waals surface area contributed by atoms with Crippen LogP contribution in [0.1, 0.15) is 22.5 Å². The Hall–Kier alpha value is -3.51. The minimum Gasteiger partial charge on any atom is -0.264 e. The Morgan fingerprint density at radius 1 is 1.10 bits per heavy atom. The maximum absolute atomic E-state index is 13.3. The van der Waals surface area contributed by atoms with Gasteiger partial charge in [0.05, 0.1) is 17.0 Å². The van der Waals surface area contributed by atoms with Crippen molar-refractivity contribution < 1.29 is 31.3 Å². The molecule has 0 aliphatic heterocycles. The summed E-state index contributed by atoms with van der Waals surface area (Å²) in [5.41, 5.74) is -1.59. The molecule has 0 saturated carbocycles. The number of hydrogen-bond donors (Lipinski definition) is 0. The van der Waals surface area contributed by atoms with Gasteiger partial charge in [-0.05, 0) is 24.6 Å². The first kappa shape index (κ1) is 21.2. The molecule has 0 radical (unpaired) electrons. The van der Waals surface area contributed by atoms with Gasteiger partial charge in [0, 0.05) is 29.6 Å². The number of aryl methyl sites for hydroxylation is 1. The molecule has 0 spiro atoms. The Kier molecular flexibility index (Phi) is 5.22. The molecule has 3 aromatic rings. The number of alkyl halides is 6. The van der Waals surface area contributed by atoms with Crippen LogP contribution in [-0.4, -0.2) is 24.7 Å². The number of benzene rings is 1. The molecule has 13 heteroatoms. The van der Waals surface area contributed by atoms with Crippen LogP contribution in [0.4, 0.5) is 32.0 Å². The van der Waals surface area contributed by atoms with Gasteiger partial charge < -0.3 is 0 Å².